The normalized spacial score (nSPS) is 17.5. The lowest BCUT2D eigenvalue weighted by Crippen LogP contribution is -2.21. The van der Waals surface area contributed by atoms with Crippen molar-refractivity contribution in [2.75, 3.05) is 0 Å². The zero-order valence-corrected chi connectivity index (χ0v) is 31.7. The second-order valence-electron chi connectivity index (χ2n) is 14.0. The molecule has 0 saturated heterocycles. The molecule has 1 unspecified atom stereocenters. The van der Waals surface area contributed by atoms with Gasteiger partial charge in [0.15, 0.2) is 6.10 Å². The van der Waals surface area contributed by atoms with Crippen molar-refractivity contribution in [3.8, 4) is 0 Å². The molecule has 0 aliphatic carbocycles. The van der Waals surface area contributed by atoms with Crippen LogP contribution in [0.15, 0.2) is 112 Å². The number of hydrogen-bond donors (Lipinski definition) is 9. The zero-order chi connectivity index (χ0) is 44.9. The fourth-order valence-corrected chi connectivity index (χ4v) is 7.20. The standard InChI is InChI=1S/C40H36N4O17/c45-32(40(60)61)7-19-23(11-39(58)59)31-15-30-21(9-37(54)55)17(2-5-34(48)49)25(42-30)12-24-16(1-4-33(46)47)20(8-36(52)53)28(41-24)13-26-18(3-6-35(50)51)22(10-38(56)57)29(43-26)14-27(19)44-31/h12-15,32,45H,1-11H2,(H,46,47)(H,48,49)(H,50,51)(H,52,53)(H,54,55)(H,56,57)(H,58,59)(H,60,61). The highest BCUT2D eigenvalue weighted by atomic mass is 16.4. The van der Waals surface area contributed by atoms with Crippen LogP contribution in [-0.2, 0) is 38.4 Å². The molecule has 61 heavy (non-hydrogen) atoms. The predicted octanol–water partition coefficient (Wildman–Crippen LogP) is 2.87. The van der Waals surface area contributed by atoms with E-state index in [0.717, 1.165) is 0 Å². The van der Waals surface area contributed by atoms with Crippen LogP contribution in [0.1, 0.15) is 70.6 Å². The predicted molar refractivity (Wildman–Crippen MR) is 208 cm³/mol. The Labute approximate surface area is 342 Å². The molecule has 0 aromatic rings. The fourth-order valence-electron chi connectivity index (χ4n) is 7.20. The largest absolute Gasteiger partial charge is 0.481 e. The average Bonchev–Trinajstić information content (AvgIpc) is 3.82. The van der Waals surface area contributed by atoms with E-state index in [4.69, 9.17) is 0 Å². The van der Waals surface area contributed by atoms with E-state index in [9.17, 15) is 84.3 Å². The first-order valence-corrected chi connectivity index (χ1v) is 18.3. The van der Waals surface area contributed by atoms with Crippen molar-refractivity contribution in [3.05, 3.63) is 91.7 Å². The SMILES string of the molecule is O=C(O)CCC1=C(CC(=O)O)C2=NC1=CC1=NC(=CC3=NC(=CC4=NC(=C2)C(CCC(=O)O)=C4CC(=O)O)C(CC(O)C(=O)O)=C3CC(=O)O)C(CC(=O)O)=C1CCC(=O)O. The maximum Gasteiger partial charge on any atom is 0.332 e. The molecular weight excluding hydrogens is 808 g/mol. The van der Waals surface area contributed by atoms with E-state index in [1.807, 2.05) is 0 Å². The molecule has 21 nitrogen and oxygen atoms in total. The van der Waals surface area contributed by atoms with Crippen LogP contribution >= 0.6 is 0 Å². The van der Waals surface area contributed by atoms with Gasteiger partial charge in [-0.3, -0.25) is 33.6 Å². The molecule has 5 rings (SSSR count). The Morgan fingerprint density at radius 1 is 0.377 bits per heavy atom. The Hall–Kier alpha value is -7.68. The van der Waals surface area contributed by atoms with Gasteiger partial charge < -0.3 is 46.0 Å². The summed E-state index contributed by atoms with van der Waals surface area (Å²) in [6.45, 7) is 0. The summed E-state index contributed by atoms with van der Waals surface area (Å²) in [5, 5.41) is 89.0. The van der Waals surface area contributed by atoms with E-state index in [1.54, 1.807) is 0 Å². The Bertz CT molecular complexity index is 2480. The van der Waals surface area contributed by atoms with Crippen LogP contribution in [-0.4, -0.2) is 123 Å². The van der Waals surface area contributed by atoms with Crippen LogP contribution in [0.5, 0.6) is 0 Å². The van der Waals surface area contributed by atoms with E-state index >= 15 is 0 Å². The van der Waals surface area contributed by atoms with E-state index < -0.39 is 105 Å². The number of rotatable bonds is 20. The maximum atomic E-state index is 12.3. The molecule has 8 bridgehead atoms. The lowest BCUT2D eigenvalue weighted by Gasteiger charge is -2.11. The molecule has 0 amide bonds. The lowest BCUT2D eigenvalue weighted by molar-refractivity contribution is -0.146. The number of hydrogen-bond acceptors (Lipinski definition) is 13. The summed E-state index contributed by atoms with van der Waals surface area (Å²) >= 11 is 0. The average molecular weight is 845 g/mol. The molecule has 0 spiro atoms. The molecule has 1 atom stereocenters. The van der Waals surface area contributed by atoms with E-state index in [2.05, 4.69) is 20.0 Å². The number of carbonyl (C=O) groups is 8. The van der Waals surface area contributed by atoms with Crippen LogP contribution in [0, 0.1) is 0 Å². The Kier molecular flexibility index (Phi) is 13.5. The highest BCUT2D eigenvalue weighted by Gasteiger charge is 2.35. The summed E-state index contributed by atoms with van der Waals surface area (Å²) in [6, 6.07) is 0. The third-order valence-corrected chi connectivity index (χ3v) is 9.75. The van der Waals surface area contributed by atoms with Crippen molar-refractivity contribution in [2.24, 2.45) is 20.0 Å². The first-order valence-electron chi connectivity index (χ1n) is 18.3. The molecule has 9 N–H and O–H groups in total. The molecule has 0 radical (unpaired) electrons. The molecule has 0 aromatic heterocycles. The van der Waals surface area contributed by atoms with Gasteiger partial charge in [-0.2, -0.15) is 0 Å². The smallest absolute Gasteiger partial charge is 0.332 e. The minimum Gasteiger partial charge on any atom is -0.481 e. The number of carboxylic acids is 8. The number of fused-ring (bicyclic) bond motifs is 4. The topological polar surface area (TPSA) is 368 Å². The molecule has 318 valence electrons. The van der Waals surface area contributed by atoms with Crippen molar-refractivity contribution in [1.82, 2.24) is 0 Å². The molecule has 5 aliphatic heterocycles. The number of allylic oxidation sites excluding steroid dienone is 9. The first kappa shape index (κ1) is 44.4. The van der Waals surface area contributed by atoms with Gasteiger partial charge in [0.25, 0.3) is 0 Å². The van der Waals surface area contributed by atoms with Crippen molar-refractivity contribution < 1.29 is 84.3 Å². The van der Waals surface area contributed by atoms with Gasteiger partial charge in [0, 0.05) is 25.7 Å². The van der Waals surface area contributed by atoms with Gasteiger partial charge in [0.05, 0.1) is 71.3 Å². The Morgan fingerprint density at radius 3 is 0.984 bits per heavy atom. The van der Waals surface area contributed by atoms with Crippen LogP contribution in [0.4, 0.5) is 0 Å². The van der Waals surface area contributed by atoms with Gasteiger partial charge in [-0.1, -0.05) is 0 Å². The molecule has 0 fully saturated rings. The number of aliphatic hydroxyl groups is 1. The number of nitrogens with zero attached hydrogens (tertiary/aromatic N) is 4. The van der Waals surface area contributed by atoms with Crippen LogP contribution in [0.2, 0.25) is 0 Å². The number of carboxylic acid groups (broad SMARTS) is 8. The third-order valence-electron chi connectivity index (χ3n) is 9.75. The highest BCUT2D eigenvalue weighted by Crippen LogP contribution is 2.41. The molecular formula is C40H36N4O17. The highest BCUT2D eigenvalue weighted by molar-refractivity contribution is 6.22. The van der Waals surface area contributed by atoms with Crippen molar-refractivity contribution >= 4 is 70.6 Å². The molecule has 21 heteroatoms. The summed E-state index contributed by atoms with van der Waals surface area (Å²) in [7, 11) is 0. The van der Waals surface area contributed by atoms with Gasteiger partial charge in [0.1, 0.15) is 0 Å². The molecule has 5 aliphatic rings. The van der Waals surface area contributed by atoms with E-state index in [0.29, 0.717) is 0 Å². The van der Waals surface area contributed by atoms with Gasteiger partial charge in [-0.05, 0) is 88.2 Å². The Morgan fingerprint density at radius 2 is 0.656 bits per heavy atom. The molecule has 0 aromatic carbocycles. The van der Waals surface area contributed by atoms with E-state index in [-0.39, 0.29) is 109 Å². The lowest BCUT2D eigenvalue weighted by atomic mass is 9.92. The second kappa shape index (κ2) is 18.5. The summed E-state index contributed by atoms with van der Waals surface area (Å²) in [5.74, 6) is -11.2. The Balaban J connectivity index is 1.96. The number of aliphatic imine (C=N–C) groups is 4. The van der Waals surface area contributed by atoms with Gasteiger partial charge in [0.2, 0.25) is 0 Å². The quantitative estimate of drug-likeness (QED) is 0.0850. The summed E-state index contributed by atoms with van der Waals surface area (Å²) in [5.41, 5.74) is -1.25. The number of aliphatic hydroxyl groups excluding tert-OH is 1. The van der Waals surface area contributed by atoms with Gasteiger partial charge >= 0.3 is 47.8 Å². The maximum absolute atomic E-state index is 12.3. The summed E-state index contributed by atoms with van der Waals surface area (Å²) < 4.78 is 0. The van der Waals surface area contributed by atoms with Crippen molar-refractivity contribution in [3.63, 3.8) is 0 Å². The zero-order valence-electron chi connectivity index (χ0n) is 31.7. The first-order chi connectivity index (χ1) is 28.7. The minimum absolute atomic E-state index is 0.0109. The van der Waals surface area contributed by atoms with Crippen LogP contribution < -0.4 is 0 Å². The van der Waals surface area contributed by atoms with Crippen molar-refractivity contribution in [2.45, 2.75) is 76.7 Å². The van der Waals surface area contributed by atoms with Gasteiger partial charge in [-0.15, -0.1) is 0 Å². The fraction of sp³-hybridized carbons (Fsp3) is 0.300. The second-order valence-corrected chi connectivity index (χ2v) is 14.0. The van der Waals surface area contributed by atoms with Crippen molar-refractivity contribution in [1.29, 1.82) is 0 Å². The van der Waals surface area contributed by atoms with Gasteiger partial charge in [-0.25, -0.2) is 24.8 Å². The third kappa shape index (κ3) is 10.7. The molecule has 0 saturated carbocycles. The number of aliphatic carboxylic acids is 8. The molecule has 5 heterocycles. The summed E-state index contributed by atoms with van der Waals surface area (Å²) in [6.07, 6.45) is -3.68. The minimum atomic E-state index is -2.13. The summed E-state index contributed by atoms with van der Waals surface area (Å²) in [4.78, 5) is 115. The monoisotopic (exact) mass is 844 g/mol. The van der Waals surface area contributed by atoms with Crippen LogP contribution in [0.3, 0.4) is 0 Å². The van der Waals surface area contributed by atoms with E-state index in [1.165, 1.54) is 24.3 Å². The van der Waals surface area contributed by atoms with Crippen LogP contribution in [0.25, 0.3) is 0 Å².